The molecular formula is C13H10Cl2N2O3. The summed E-state index contributed by atoms with van der Waals surface area (Å²) in [5.41, 5.74) is 0.368. The van der Waals surface area contributed by atoms with Crippen molar-refractivity contribution in [1.82, 2.24) is 9.97 Å². The Bertz CT molecular complexity index is 642. The maximum Gasteiger partial charge on any atom is 0.247 e. The molecule has 1 aromatic carbocycles. The van der Waals surface area contributed by atoms with Gasteiger partial charge in [-0.1, -0.05) is 23.2 Å². The smallest absolute Gasteiger partial charge is 0.247 e. The fraction of sp³-hybridized carbons (Fsp3) is 0.154. The summed E-state index contributed by atoms with van der Waals surface area (Å²) in [6, 6.07) is 4.54. The van der Waals surface area contributed by atoms with Crippen LogP contribution in [0.25, 0.3) is 0 Å². The molecule has 0 N–H and O–H groups in total. The SMILES string of the molecule is COc1cnc(C(=O)c2cc(Cl)cc(Cl)c2)c(OC)n1. The quantitative estimate of drug-likeness (QED) is 0.812. The average Bonchev–Trinajstić information content (AvgIpc) is 2.44. The highest BCUT2D eigenvalue weighted by Gasteiger charge is 2.19. The van der Waals surface area contributed by atoms with Crippen LogP contribution in [-0.4, -0.2) is 30.0 Å². The molecule has 0 aliphatic heterocycles. The highest BCUT2D eigenvalue weighted by atomic mass is 35.5. The Balaban J connectivity index is 2.47. The molecule has 0 radical (unpaired) electrons. The third-order valence-electron chi connectivity index (χ3n) is 2.46. The summed E-state index contributed by atoms with van der Waals surface area (Å²) in [6.07, 6.45) is 1.34. The van der Waals surface area contributed by atoms with Crippen LogP contribution in [-0.2, 0) is 0 Å². The number of halogens is 2. The van der Waals surface area contributed by atoms with Gasteiger partial charge in [0.25, 0.3) is 0 Å². The van der Waals surface area contributed by atoms with Gasteiger partial charge in [0, 0.05) is 15.6 Å². The van der Waals surface area contributed by atoms with Crippen LogP contribution in [0.2, 0.25) is 10.0 Å². The summed E-state index contributed by atoms with van der Waals surface area (Å²) in [5.74, 6) is -0.0608. The van der Waals surface area contributed by atoms with Crippen LogP contribution in [0.15, 0.2) is 24.4 Å². The molecule has 0 bridgehead atoms. The Morgan fingerprint density at radius 1 is 1.10 bits per heavy atom. The monoisotopic (exact) mass is 312 g/mol. The van der Waals surface area contributed by atoms with Crippen molar-refractivity contribution in [3.8, 4) is 11.8 Å². The molecule has 0 saturated carbocycles. The van der Waals surface area contributed by atoms with Crippen LogP contribution >= 0.6 is 23.2 Å². The van der Waals surface area contributed by atoms with Crippen molar-refractivity contribution >= 4 is 29.0 Å². The molecule has 1 heterocycles. The van der Waals surface area contributed by atoms with E-state index >= 15 is 0 Å². The van der Waals surface area contributed by atoms with Gasteiger partial charge in [0.05, 0.1) is 20.4 Å². The number of carbonyl (C=O) groups excluding carboxylic acids is 1. The van der Waals surface area contributed by atoms with Gasteiger partial charge in [0.1, 0.15) is 0 Å². The van der Waals surface area contributed by atoms with Gasteiger partial charge in [-0.3, -0.25) is 4.79 Å². The van der Waals surface area contributed by atoms with E-state index in [9.17, 15) is 4.79 Å². The first-order chi connectivity index (χ1) is 9.55. The molecule has 0 aliphatic rings. The van der Waals surface area contributed by atoms with Crippen LogP contribution in [0.5, 0.6) is 11.8 Å². The van der Waals surface area contributed by atoms with Crippen molar-refractivity contribution in [2.24, 2.45) is 0 Å². The molecule has 5 nitrogen and oxygen atoms in total. The van der Waals surface area contributed by atoms with Crippen molar-refractivity contribution in [2.45, 2.75) is 0 Å². The number of ether oxygens (including phenoxy) is 2. The van der Waals surface area contributed by atoms with E-state index in [2.05, 4.69) is 9.97 Å². The van der Waals surface area contributed by atoms with Crippen LogP contribution in [0, 0.1) is 0 Å². The standard InChI is InChI=1S/C13H10Cl2N2O3/c1-19-10-6-16-11(13(17-10)20-2)12(18)7-3-8(14)5-9(15)4-7/h3-6H,1-2H3. The molecule has 104 valence electrons. The third-order valence-corrected chi connectivity index (χ3v) is 2.90. The summed E-state index contributed by atoms with van der Waals surface area (Å²) in [4.78, 5) is 20.4. The number of methoxy groups -OCH3 is 2. The highest BCUT2D eigenvalue weighted by molar-refractivity contribution is 6.35. The van der Waals surface area contributed by atoms with E-state index in [0.29, 0.717) is 15.6 Å². The van der Waals surface area contributed by atoms with Crippen molar-refractivity contribution in [3.63, 3.8) is 0 Å². The zero-order chi connectivity index (χ0) is 14.7. The number of carbonyl (C=O) groups is 1. The first kappa shape index (κ1) is 14.6. The van der Waals surface area contributed by atoms with Crippen LogP contribution in [0.1, 0.15) is 16.1 Å². The van der Waals surface area contributed by atoms with E-state index in [-0.39, 0.29) is 23.2 Å². The minimum atomic E-state index is -0.388. The molecule has 7 heteroatoms. The normalized spacial score (nSPS) is 10.2. The van der Waals surface area contributed by atoms with Gasteiger partial charge in [-0.25, -0.2) is 4.98 Å². The number of hydrogen-bond donors (Lipinski definition) is 0. The van der Waals surface area contributed by atoms with Gasteiger partial charge in [0.2, 0.25) is 17.5 Å². The number of aromatic nitrogens is 2. The minimum absolute atomic E-state index is 0.0617. The molecular weight excluding hydrogens is 303 g/mol. The van der Waals surface area contributed by atoms with E-state index in [4.69, 9.17) is 32.7 Å². The summed E-state index contributed by atoms with van der Waals surface area (Å²) < 4.78 is 9.98. The second-order valence-corrected chi connectivity index (χ2v) is 4.63. The van der Waals surface area contributed by atoms with E-state index in [1.54, 1.807) is 0 Å². The number of rotatable bonds is 4. The first-order valence-corrected chi connectivity index (χ1v) is 6.26. The summed E-state index contributed by atoms with van der Waals surface area (Å²) in [6.45, 7) is 0. The molecule has 0 fully saturated rings. The maximum absolute atomic E-state index is 12.4. The highest BCUT2D eigenvalue weighted by Crippen LogP contribution is 2.24. The van der Waals surface area contributed by atoms with Crippen molar-refractivity contribution < 1.29 is 14.3 Å². The Kier molecular flexibility index (Phi) is 4.42. The lowest BCUT2D eigenvalue weighted by atomic mass is 10.1. The van der Waals surface area contributed by atoms with Gasteiger partial charge < -0.3 is 9.47 Å². The van der Waals surface area contributed by atoms with E-state index in [1.165, 1.54) is 38.6 Å². The van der Waals surface area contributed by atoms with Crippen LogP contribution in [0.4, 0.5) is 0 Å². The van der Waals surface area contributed by atoms with E-state index in [1.807, 2.05) is 0 Å². The molecule has 0 spiro atoms. The molecule has 0 atom stereocenters. The van der Waals surface area contributed by atoms with Gasteiger partial charge in [0.15, 0.2) is 5.69 Å². The van der Waals surface area contributed by atoms with E-state index in [0.717, 1.165) is 0 Å². The van der Waals surface area contributed by atoms with Gasteiger partial charge in [-0.15, -0.1) is 0 Å². The van der Waals surface area contributed by atoms with Crippen LogP contribution < -0.4 is 9.47 Å². The molecule has 20 heavy (non-hydrogen) atoms. The lowest BCUT2D eigenvalue weighted by Gasteiger charge is -2.07. The van der Waals surface area contributed by atoms with Crippen molar-refractivity contribution in [3.05, 3.63) is 45.7 Å². The van der Waals surface area contributed by atoms with E-state index < -0.39 is 0 Å². The van der Waals surface area contributed by atoms with Gasteiger partial charge in [-0.05, 0) is 18.2 Å². The maximum atomic E-state index is 12.4. The zero-order valence-electron chi connectivity index (χ0n) is 10.7. The summed E-state index contributed by atoms with van der Waals surface area (Å²) >= 11 is 11.8. The first-order valence-electron chi connectivity index (χ1n) is 5.51. The summed E-state index contributed by atoms with van der Waals surface area (Å²) in [5, 5.41) is 0.725. The van der Waals surface area contributed by atoms with Gasteiger partial charge >= 0.3 is 0 Å². The largest absolute Gasteiger partial charge is 0.480 e. The predicted octanol–water partition coefficient (Wildman–Crippen LogP) is 3.03. The van der Waals surface area contributed by atoms with Crippen molar-refractivity contribution in [2.75, 3.05) is 14.2 Å². The number of ketones is 1. The number of hydrogen-bond acceptors (Lipinski definition) is 5. The lowest BCUT2D eigenvalue weighted by Crippen LogP contribution is -2.09. The average molecular weight is 313 g/mol. The Morgan fingerprint density at radius 2 is 1.75 bits per heavy atom. The fourth-order valence-corrected chi connectivity index (χ4v) is 2.10. The number of benzene rings is 1. The molecule has 1 aromatic heterocycles. The van der Waals surface area contributed by atoms with Crippen LogP contribution in [0.3, 0.4) is 0 Å². The third kappa shape index (κ3) is 3.00. The molecule has 0 aliphatic carbocycles. The lowest BCUT2D eigenvalue weighted by molar-refractivity contribution is 0.103. The predicted molar refractivity (Wildman–Crippen MR) is 75.0 cm³/mol. The Labute approximate surface area is 125 Å². The Hall–Kier alpha value is -1.85. The molecule has 2 rings (SSSR count). The number of nitrogens with zero attached hydrogens (tertiary/aromatic N) is 2. The topological polar surface area (TPSA) is 61.3 Å². The second kappa shape index (κ2) is 6.07. The minimum Gasteiger partial charge on any atom is -0.480 e. The summed E-state index contributed by atoms with van der Waals surface area (Å²) in [7, 11) is 2.84. The fourth-order valence-electron chi connectivity index (χ4n) is 1.57. The molecule has 2 aromatic rings. The molecule has 0 saturated heterocycles. The zero-order valence-corrected chi connectivity index (χ0v) is 12.2. The van der Waals surface area contributed by atoms with Crippen molar-refractivity contribution in [1.29, 1.82) is 0 Å². The molecule has 0 amide bonds. The van der Waals surface area contributed by atoms with Gasteiger partial charge in [-0.2, -0.15) is 4.98 Å². The Morgan fingerprint density at radius 3 is 2.30 bits per heavy atom. The molecule has 0 unspecified atom stereocenters. The second-order valence-electron chi connectivity index (χ2n) is 3.76.